The molecule has 0 amide bonds. The Morgan fingerprint density at radius 3 is 2.22 bits per heavy atom. The maximum absolute atomic E-state index is 12.4. The molecule has 108 valence electrons. The number of nitrogens with one attached hydrogen (secondary N) is 1. The summed E-state index contributed by atoms with van der Waals surface area (Å²) in [6, 6.07) is 0. The summed E-state index contributed by atoms with van der Waals surface area (Å²) >= 11 is 3.39. The molecular weight excluding hydrogens is 316 g/mol. The van der Waals surface area contributed by atoms with Crippen molar-refractivity contribution in [2.75, 3.05) is 18.4 Å². The number of rotatable bonds is 6. The van der Waals surface area contributed by atoms with Gasteiger partial charge in [-0.15, -0.1) is 0 Å². The second-order valence-electron chi connectivity index (χ2n) is 5.27. The molecule has 1 saturated heterocycles. The molecule has 1 N–H and O–H groups in total. The van der Waals surface area contributed by atoms with Gasteiger partial charge in [0, 0.05) is 24.0 Å². The Labute approximate surface area is 120 Å². The fraction of sp³-hybridized carbons (Fsp3) is 1.00. The van der Waals surface area contributed by atoms with Crippen molar-refractivity contribution in [3.63, 3.8) is 0 Å². The number of hydrogen-bond acceptors (Lipinski definition) is 2. The summed E-state index contributed by atoms with van der Waals surface area (Å²) in [6.45, 7) is 5.31. The molecular formula is C12H25BrN2O2S. The second kappa shape index (κ2) is 7.22. The monoisotopic (exact) mass is 340 g/mol. The van der Waals surface area contributed by atoms with Crippen molar-refractivity contribution in [3.05, 3.63) is 0 Å². The summed E-state index contributed by atoms with van der Waals surface area (Å²) in [7, 11) is -3.34. The third-order valence-electron chi connectivity index (χ3n) is 3.71. The van der Waals surface area contributed by atoms with Crippen molar-refractivity contribution in [3.8, 4) is 0 Å². The predicted octanol–water partition coefficient (Wildman–Crippen LogP) is 2.65. The Morgan fingerprint density at radius 1 is 1.22 bits per heavy atom. The van der Waals surface area contributed by atoms with E-state index in [4.69, 9.17) is 0 Å². The molecule has 1 fully saturated rings. The highest BCUT2D eigenvalue weighted by Crippen LogP contribution is 2.20. The quantitative estimate of drug-likeness (QED) is 0.755. The molecule has 0 radical (unpaired) electrons. The minimum Gasteiger partial charge on any atom is -0.196 e. The van der Waals surface area contributed by atoms with Gasteiger partial charge in [0.05, 0.1) is 0 Å². The Bertz CT molecular complexity index is 340. The number of hydrogen-bond donors (Lipinski definition) is 1. The van der Waals surface area contributed by atoms with Crippen LogP contribution in [-0.4, -0.2) is 36.7 Å². The zero-order valence-electron chi connectivity index (χ0n) is 11.4. The van der Waals surface area contributed by atoms with Crippen LogP contribution in [0, 0.1) is 0 Å². The lowest BCUT2D eigenvalue weighted by Crippen LogP contribution is -2.52. The average Bonchev–Trinajstić information content (AvgIpc) is 2.57. The number of alkyl halides is 1. The molecule has 6 heteroatoms. The first-order chi connectivity index (χ1) is 8.43. The molecule has 1 atom stereocenters. The van der Waals surface area contributed by atoms with Gasteiger partial charge in [0.2, 0.25) is 0 Å². The molecule has 1 unspecified atom stereocenters. The van der Waals surface area contributed by atoms with E-state index in [0.29, 0.717) is 13.1 Å². The van der Waals surface area contributed by atoms with Crippen LogP contribution in [0.1, 0.15) is 52.4 Å². The van der Waals surface area contributed by atoms with Crippen molar-refractivity contribution >= 4 is 26.1 Å². The zero-order chi connectivity index (χ0) is 13.6. The van der Waals surface area contributed by atoms with Gasteiger partial charge in [-0.3, -0.25) is 0 Å². The summed E-state index contributed by atoms with van der Waals surface area (Å²) in [5.41, 5.74) is -0.353. The largest absolute Gasteiger partial charge is 0.279 e. The Kier molecular flexibility index (Phi) is 6.58. The maximum atomic E-state index is 12.4. The van der Waals surface area contributed by atoms with Crippen LogP contribution in [0.3, 0.4) is 0 Å². The highest BCUT2D eigenvalue weighted by Gasteiger charge is 2.31. The van der Waals surface area contributed by atoms with E-state index in [2.05, 4.69) is 20.7 Å². The van der Waals surface area contributed by atoms with E-state index in [1.54, 1.807) is 4.31 Å². The molecule has 0 aromatic heterocycles. The third kappa shape index (κ3) is 4.79. The van der Waals surface area contributed by atoms with Gasteiger partial charge in [-0.1, -0.05) is 35.7 Å². The first-order valence-corrected chi connectivity index (χ1v) is 9.35. The lowest BCUT2D eigenvalue weighted by atomic mass is 9.98. The molecule has 1 aliphatic heterocycles. The van der Waals surface area contributed by atoms with Gasteiger partial charge in [-0.2, -0.15) is 17.4 Å². The second-order valence-corrected chi connectivity index (χ2v) is 7.74. The van der Waals surface area contributed by atoms with Gasteiger partial charge in [0.15, 0.2) is 0 Å². The first-order valence-electron chi connectivity index (χ1n) is 6.78. The molecule has 0 bridgehead atoms. The SMILES string of the molecule is CCC(C)(CCBr)NS(=O)(=O)N1CCCCCC1. The van der Waals surface area contributed by atoms with Crippen LogP contribution in [0.4, 0.5) is 0 Å². The Hall–Kier alpha value is 0.350. The van der Waals surface area contributed by atoms with Gasteiger partial charge in [-0.05, 0) is 32.6 Å². The van der Waals surface area contributed by atoms with E-state index < -0.39 is 10.2 Å². The van der Waals surface area contributed by atoms with Crippen molar-refractivity contribution < 1.29 is 8.42 Å². The van der Waals surface area contributed by atoms with E-state index in [9.17, 15) is 8.42 Å². The molecule has 0 saturated carbocycles. The number of halogens is 1. The van der Waals surface area contributed by atoms with Crippen molar-refractivity contribution in [1.82, 2.24) is 9.03 Å². The Balaban J connectivity index is 2.72. The summed E-state index contributed by atoms with van der Waals surface area (Å²) in [5.74, 6) is 0. The first kappa shape index (κ1) is 16.4. The van der Waals surface area contributed by atoms with Crippen LogP contribution in [-0.2, 0) is 10.2 Å². The molecule has 0 aromatic rings. The highest BCUT2D eigenvalue weighted by atomic mass is 79.9. The lowest BCUT2D eigenvalue weighted by Gasteiger charge is -2.32. The van der Waals surface area contributed by atoms with Crippen molar-refractivity contribution in [2.24, 2.45) is 0 Å². The van der Waals surface area contributed by atoms with E-state index >= 15 is 0 Å². The van der Waals surface area contributed by atoms with E-state index in [-0.39, 0.29) is 5.54 Å². The summed E-state index contributed by atoms with van der Waals surface area (Å²) < 4.78 is 29.3. The summed E-state index contributed by atoms with van der Waals surface area (Å²) in [4.78, 5) is 0. The van der Waals surface area contributed by atoms with E-state index in [1.165, 1.54) is 0 Å². The Morgan fingerprint density at radius 2 is 1.78 bits per heavy atom. The molecule has 0 aliphatic carbocycles. The fourth-order valence-corrected chi connectivity index (χ4v) is 4.78. The van der Waals surface area contributed by atoms with E-state index in [0.717, 1.165) is 43.9 Å². The van der Waals surface area contributed by atoms with Gasteiger partial charge in [-0.25, -0.2) is 0 Å². The molecule has 4 nitrogen and oxygen atoms in total. The minimum atomic E-state index is -3.34. The molecule has 18 heavy (non-hydrogen) atoms. The van der Waals surface area contributed by atoms with Crippen LogP contribution in [0.2, 0.25) is 0 Å². The van der Waals surface area contributed by atoms with Crippen LogP contribution < -0.4 is 4.72 Å². The molecule has 1 rings (SSSR count). The van der Waals surface area contributed by atoms with Crippen LogP contribution in [0.25, 0.3) is 0 Å². The lowest BCUT2D eigenvalue weighted by molar-refractivity contribution is 0.356. The van der Waals surface area contributed by atoms with Crippen LogP contribution >= 0.6 is 15.9 Å². The minimum absolute atomic E-state index is 0.353. The van der Waals surface area contributed by atoms with Gasteiger partial charge in [0.25, 0.3) is 10.2 Å². The predicted molar refractivity (Wildman–Crippen MR) is 79.2 cm³/mol. The normalized spacial score (nSPS) is 22.4. The summed E-state index contributed by atoms with van der Waals surface area (Å²) in [6.07, 6.45) is 5.82. The molecule has 1 aliphatic rings. The third-order valence-corrected chi connectivity index (χ3v) is 5.90. The molecule has 1 heterocycles. The van der Waals surface area contributed by atoms with Gasteiger partial charge < -0.3 is 0 Å². The van der Waals surface area contributed by atoms with Crippen LogP contribution in [0.15, 0.2) is 0 Å². The molecule has 0 aromatic carbocycles. The molecule has 0 spiro atoms. The van der Waals surface area contributed by atoms with Crippen LogP contribution in [0.5, 0.6) is 0 Å². The average molecular weight is 341 g/mol. The van der Waals surface area contributed by atoms with Crippen molar-refractivity contribution in [1.29, 1.82) is 0 Å². The fourth-order valence-electron chi connectivity index (χ4n) is 2.17. The van der Waals surface area contributed by atoms with E-state index in [1.807, 2.05) is 13.8 Å². The topological polar surface area (TPSA) is 49.4 Å². The highest BCUT2D eigenvalue weighted by molar-refractivity contribution is 9.09. The van der Waals surface area contributed by atoms with Gasteiger partial charge in [0.1, 0.15) is 0 Å². The van der Waals surface area contributed by atoms with Crippen molar-refractivity contribution in [2.45, 2.75) is 57.9 Å². The number of nitrogens with zero attached hydrogens (tertiary/aromatic N) is 1. The summed E-state index contributed by atoms with van der Waals surface area (Å²) in [5, 5.41) is 0.805. The standard InChI is InChI=1S/C12H25BrN2O2S/c1-3-12(2,8-9-13)14-18(16,17)15-10-6-4-5-7-11-15/h14H,3-11H2,1-2H3. The maximum Gasteiger partial charge on any atom is 0.279 e. The smallest absolute Gasteiger partial charge is 0.196 e. The zero-order valence-corrected chi connectivity index (χ0v) is 13.8. The van der Waals surface area contributed by atoms with Gasteiger partial charge >= 0.3 is 0 Å².